The van der Waals surface area contributed by atoms with Crippen molar-refractivity contribution in [1.29, 1.82) is 0 Å². The predicted octanol–water partition coefficient (Wildman–Crippen LogP) is 4.12. The molecule has 1 atom stereocenters. The Morgan fingerprint density at radius 2 is 2.04 bits per heavy atom. The molecule has 3 aromatic rings. The average Bonchev–Trinajstić information content (AvgIpc) is 3.24. The fourth-order valence-electron chi connectivity index (χ4n) is 2.36. The van der Waals surface area contributed by atoms with Crippen LogP contribution in [-0.2, 0) is 4.79 Å². The number of imidazole rings is 1. The minimum atomic E-state index is -2.86. The molecule has 9 heteroatoms. The minimum Gasteiger partial charge on any atom is -0.435 e. The number of benzene rings is 1. The van der Waals surface area contributed by atoms with Crippen LogP contribution in [-0.4, -0.2) is 27.1 Å². The van der Waals surface area contributed by atoms with Gasteiger partial charge in [0.05, 0.1) is 12.0 Å². The van der Waals surface area contributed by atoms with E-state index in [1.807, 2.05) is 6.92 Å². The van der Waals surface area contributed by atoms with Gasteiger partial charge in [-0.3, -0.25) is 4.79 Å². The van der Waals surface area contributed by atoms with Gasteiger partial charge in [-0.05, 0) is 38.1 Å². The molecular formula is C17H16F2N4O2S. The zero-order chi connectivity index (χ0) is 18.7. The Kier molecular flexibility index (Phi) is 5.27. The molecule has 0 saturated carbocycles. The standard InChI is InChI=1S/C17H16F2N4O2S/c1-10(23-8-7-20-9-23)15(24)22-17-21-14(11(2)26-17)12-3-5-13(6-4-12)25-16(18)19/h3-10,16H,1-2H3,(H,21,22,24). The van der Waals surface area contributed by atoms with E-state index in [4.69, 9.17) is 0 Å². The van der Waals surface area contributed by atoms with E-state index in [-0.39, 0.29) is 11.7 Å². The summed E-state index contributed by atoms with van der Waals surface area (Å²) in [5, 5.41) is 3.27. The van der Waals surface area contributed by atoms with E-state index in [0.29, 0.717) is 10.8 Å². The van der Waals surface area contributed by atoms with Crippen molar-refractivity contribution in [2.75, 3.05) is 5.32 Å². The SMILES string of the molecule is Cc1sc(NC(=O)C(C)n2ccnc2)nc1-c1ccc(OC(F)F)cc1. The largest absolute Gasteiger partial charge is 0.435 e. The fourth-order valence-corrected chi connectivity index (χ4v) is 3.19. The smallest absolute Gasteiger partial charge is 0.387 e. The van der Waals surface area contributed by atoms with Crippen LogP contribution < -0.4 is 10.1 Å². The second-order valence-corrected chi connectivity index (χ2v) is 6.71. The molecule has 0 aliphatic carbocycles. The highest BCUT2D eigenvalue weighted by Gasteiger charge is 2.17. The maximum absolute atomic E-state index is 12.3. The van der Waals surface area contributed by atoms with Crippen molar-refractivity contribution in [1.82, 2.24) is 14.5 Å². The van der Waals surface area contributed by atoms with Gasteiger partial charge in [0, 0.05) is 22.8 Å². The summed E-state index contributed by atoms with van der Waals surface area (Å²) in [5.74, 6) is -0.122. The Morgan fingerprint density at radius 1 is 1.31 bits per heavy atom. The predicted molar refractivity (Wildman–Crippen MR) is 94.5 cm³/mol. The molecule has 136 valence electrons. The number of alkyl halides is 2. The van der Waals surface area contributed by atoms with E-state index >= 15 is 0 Å². The van der Waals surface area contributed by atoms with Crippen molar-refractivity contribution in [3.05, 3.63) is 47.9 Å². The summed E-state index contributed by atoms with van der Waals surface area (Å²) in [6.07, 6.45) is 4.90. The Morgan fingerprint density at radius 3 is 2.65 bits per heavy atom. The Balaban J connectivity index is 1.73. The summed E-state index contributed by atoms with van der Waals surface area (Å²) in [4.78, 5) is 21.6. The van der Waals surface area contributed by atoms with Crippen LogP contribution in [0.2, 0.25) is 0 Å². The van der Waals surface area contributed by atoms with Crippen LogP contribution in [0.1, 0.15) is 17.8 Å². The molecule has 26 heavy (non-hydrogen) atoms. The third kappa shape index (κ3) is 4.05. The molecule has 0 bridgehead atoms. The highest BCUT2D eigenvalue weighted by molar-refractivity contribution is 7.16. The second kappa shape index (κ2) is 7.61. The summed E-state index contributed by atoms with van der Waals surface area (Å²) < 4.78 is 30.5. The zero-order valence-corrected chi connectivity index (χ0v) is 14.8. The molecule has 0 radical (unpaired) electrons. The van der Waals surface area contributed by atoms with Crippen LogP contribution >= 0.6 is 11.3 Å². The molecule has 0 aliphatic rings. The first-order valence-corrected chi connectivity index (χ1v) is 8.56. The zero-order valence-electron chi connectivity index (χ0n) is 14.0. The third-order valence-electron chi connectivity index (χ3n) is 3.73. The number of hydrogen-bond donors (Lipinski definition) is 1. The number of carbonyl (C=O) groups is 1. The molecule has 3 rings (SSSR count). The fraction of sp³-hybridized carbons (Fsp3) is 0.235. The first-order chi connectivity index (χ1) is 12.4. The van der Waals surface area contributed by atoms with Gasteiger partial charge in [0.1, 0.15) is 11.8 Å². The molecule has 1 amide bonds. The third-order valence-corrected chi connectivity index (χ3v) is 4.62. The topological polar surface area (TPSA) is 69.0 Å². The average molecular weight is 378 g/mol. The van der Waals surface area contributed by atoms with Crippen molar-refractivity contribution in [3.8, 4) is 17.0 Å². The molecule has 0 aliphatic heterocycles. The molecule has 0 fully saturated rings. The van der Waals surface area contributed by atoms with Crippen molar-refractivity contribution < 1.29 is 18.3 Å². The van der Waals surface area contributed by atoms with Crippen molar-refractivity contribution in [3.63, 3.8) is 0 Å². The van der Waals surface area contributed by atoms with Gasteiger partial charge in [-0.15, -0.1) is 11.3 Å². The van der Waals surface area contributed by atoms with Gasteiger partial charge in [-0.1, -0.05) is 0 Å². The van der Waals surface area contributed by atoms with Gasteiger partial charge in [0.15, 0.2) is 5.13 Å². The van der Waals surface area contributed by atoms with E-state index in [1.54, 1.807) is 42.3 Å². The molecular weight excluding hydrogens is 362 g/mol. The number of nitrogens with zero attached hydrogens (tertiary/aromatic N) is 3. The summed E-state index contributed by atoms with van der Waals surface area (Å²) in [7, 11) is 0. The number of amides is 1. The van der Waals surface area contributed by atoms with Crippen molar-refractivity contribution in [2.24, 2.45) is 0 Å². The number of aromatic nitrogens is 3. The highest BCUT2D eigenvalue weighted by Crippen LogP contribution is 2.31. The number of carbonyl (C=O) groups excluding carboxylic acids is 1. The highest BCUT2D eigenvalue weighted by atomic mass is 32.1. The lowest BCUT2D eigenvalue weighted by atomic mass is 10.1. The maximum atomic E-state index is 12.3. The van der Waals surface area contributed by atoms with Gasteiger partial charge in [0.25, 0.3) is 0 Å². The minimum absolute atomic E-state index is 0.0827. The van der Waals surface area contributed by atoms with Crippen LogP contribution in [0.4, 0.5) is 13.9 Å². The van der Waals surface area contributed by atoms with Crippen LogP contribution in [0, 0.1) is 6.92 Å². The van der Waals surface area contributed by atoms with Gasteiger partial charge in [0.2, 0.25) is 5.91 Å². The summed E-state index contributed by atoms with van der Waals surface area (Å²) >= 11 is 1.35. The molecule has 1 unspecified atom stereocenters. The Labute approximate surface area is 152 Å². The number of thiazole rings is 1. The lowest BCUT2D eigenvalue weighted by molar-refractivity contribution is -0.118. The van der Waals surface area contributed by atoms with E-state index in [2.05, 4.69) is 20.0 Å². The Bertz CT molecular complexity index is 879. The van der Waals surface area contributed by atoms with E-state index in [9.17, 15) is 13.6 Å². The number of halogens is 2. The number of anilines is 1. The van der Waals surface area contributed by atoms with Crippen LogP contribution in [0.15, 0.2) is 43.0 Å². The van der Waals surface area contributed by atoms with Crippen molar-refractivity contribution >= 4 is 22.4 Å². The number of hydrogen-bond acceptors (Lipinski definition) is 5. The summed E-state index contributed by atoms with van der Waals surface area (Å²) in [6, 6.07) is 5.80. The number of nitrogens with one attached hydrogen (secondary N) is 1. The molecule has 6 nitrogen and oxygen atoms in total. The van der Waals surface area contributed by atoms with Crippen LogP contribution in [0.5, 0.6) is 5.75 Å². The lowest BCUT2D eigenvalue weighted by Gasteiger charge is -2.11. The lowest BCUT2D eigenvalue weighted by Crippen LogP contribution is -2.22. The monoisotopic (exact) mass is 378 g/mol. The quantitative estimate of drug-likeness (QED) is 0.701. The molecule has 0 saturated heterocycles. The molecule has 1 N–H and O–H groups in total. The van der Waals surface area contributed by atoms with Crippen LogP contribution in [0.25, 0.3) is 11.3 Å². The van der Waals surface area contributed by atoms with E-state index in [1.165, 1.54) is 23.5 Å². The first kappa shape index (κ1) is 18.0. The number of aryl methyl sites for hydroxylation is 1. The molecule has 2 heterocycles. The Hall–Kier alpha value is -2.81. The van der Waals surface area contributed by atoms with E-state index in [0.717, 1.165) is 10.4 Å². The second-order valence-electron chi connectivity index (χ2n) is 5.50. The molecule has 1 aromatic carbocycles. The summed E-state index contributed by atoms with van der Waals surface area (Å²) in [5.41, 5.74) is 1.44. The van der Waals surface area contributed by atoms with Gasteiger partial charge in [-0.2, -0.15) is 8.78 Å². The molecule has 0 spiro atoms. The maximum Gasteiger partial charge on any atom is 0.387 e. The number of rotatable bonds is 6. The van der Waals surface area contributed by atoms with Crippen LogP contribution in [0.3, 0.4) is 0 Å². The number of ether oxygens (including phenoxy) is 1. The summed E-state index contributed by atoms with van der Waals surface area (Å²) in [6.45, 7) is 0.784. The first-order valence-electron chi connectivity index (χ1n) is 7.75. The van der Waals surface area contributed by atoms with E-state index < -0.39 is 12.7 Å². The van der Waals surface area contributed by atoms with Gasteiger partial charge in [-0.25, -0.2) is 9.97 Å². The van der Waals surface area contributed by atoms with Gasteiger partial charge >= 0.3 is 6.61 Å². The van der Waals surface area contributed by atoms with Crippen molar-refractivity contribution in [2.45, 2.75) is 26.5 Å². The van der Waals surface area contributed by atoms with Gasteiger partial charge < -0.3 is 14.6 Å². The normalized spacial score (nSPS) is 12.2. The molecule has 2 aromatic heterocycles.